The zero-order chi connectivity index (χ0) is 40.3. The van der Waals surface area contributed by atoms with E-state index in [9.17, 15) is 0 Å². The number of aromatic nitrogens is 1. The molecule has 3 nitrogen and oxygen atoms in total. The average Bonchev–Trinajstić information content (AvgIpc) is 3.88. The fourth-order valence-corrected chi connectivity index (χ4v) is 9.81. The normalized spacial score (nSPS) is 13.0. The van der Waals surface area contributed by atoms with Gasteiger partial charge in [-0.05, 0) is 77.4 Å². The predicted molar refractivity (Wildman–Crippen MR) is 257 cm³/mol. The van der Waals surface area contributed by atoms with Crippen LogP contribution in [0.4, 0.5) is 11.4 Å². The van der Waals surface area contributed by atoms with Gasteiger partial charge >= 0.3 is 0 Å². The van der Waals surface area contributed by atoms with Crippen molar-refractivity contribution < 1.29 is 4.42 Å². The summed E-state index contributed by atoms with van der Waals surface area (Å²) in [6.07, 6.45) is 6.40. The Morgan fingerprint density at radius 3 is 1.69 bits per heavy atom. The summed E-state index contributed by atoms with van der Waals surface area (Å²) in [6.45, 7) is 0. The third kappa shape index (κ3) is 5.73. The van der Waals surface area contributed by atoms with Crippen molar-refractivity contribution in [2.24, 2.45) is 0 Å². The Kier molecular flexibility index (Phi) is 8.31. The maximum absolute atomic E-state index is 6.51. The van der Waals surface area contributed by atoms with Crippen molar-refractivity contribution in [1.82, 2.24) is 4.57 Å². The summed E-state index contributed by atoms with van der Waals surface area (Å²) >= 11 is 0. The van der Waals surface area contributed by atoms with E-state index >= 15 is 0 Å². The molecule has 0 atom stereocenters. The number of furan rings is 1. The molecule has 9 aromatic carbocycles. The van der Waals surface area contributed by atoms with Gasteiger partial charge in [0.2, 0.25) is 0 Å². The topological polar surface area (TPSA) is 21.3 Å². The minimum Gasteiger partial charge on any atom is -0.455 e. The van der Waals surface area contributed by atoms with E-state index < -0.39 is 0 Å². The van der Waals surface area contributed by atoms with E-state index in [-0.39, 0.29) is 0 Å². The first kappa shape index (κ1) is 35.1. The van der Waals surface area contributed by atoms with E-state index in [1.54, 1.807) is 0 Å². The van der Waals surface area contributed by atoms with Gasteiger partial charge < -0.3 is 13.9 Å². The number of benzene rings is 9. The van der Waals surface area contributed by atoms with Gasteiger partial charge in [-0.3, -0.25) is 0 Å². The molecule has 0 bridgehead atoms. The van der Waals surface area contributed by atoms with Crippen molar-refractivity contribution in [2.45, 2.75) is 12.8 Å². The Hall–Kier alpha value is -7.88. The van der Waals surface area contributed by atoms with Crippen LogP contribution < -0.4 is 4.90 Å². The monoisotopic (exact) mass is 780 g/mol. The van der Waals surface area contributed by atoms with Gasteiger partial charge in [-0.2, -0.15) is 0 Å². The van der Waals surface area contributed by atoms with Crippen LogP contribution in [0.5, 0.6) is 0 Å². The molecule has 0 unspecified atom stereocenters. The average molecular weight is 781 g/mol. The van der Waals surface area contributed by atoms with Crippen LogP contribution in [0.25, 0.3) is 88.0 Å². The Morgan fingerprint density at radius 1 is 0.377 bits per heavy atom. The number of fused-ring (bicyclic) bond motifs is 7. The first-order valence-corrected chi connectivity index (χ1v) is 21.1. The molecule has 0 saturated carbocycles. The Balaban J connectivity index is 1.04. The second-order valence-corrected chi connectivity index (χ2v) is 15.9. The van der Waals surface area contributed by atoms with Gasteiger partial charge in [-0.25, -0.2) is 0 Å². The summed E-state index contributed by atoms with van der Waals surface area (Å²) in [5.41, 5.74) is 16.2. The van der Waals surface area contributed by atoms with Crippen LogP contribution in [0, 0.1) is 0 Å². The molecular formula is C58H40N2O. The summed E-state index contributed by atoms with van der Waals surface area (Å²) in [6, 6.07) is 74.6. The highest BCUT2D eigenvalue weighted by molar-refractivity contribution is 6.11. The van der Waals surface area contributed by atoms with Crippen molar-refractivity contribution in [2.75, 3.05) is 4.90 Å². The van der Waals surface area contributed by atoms with Gasteiger partial charge in [0, 0.05) is 49.3 Å². The molecule has 0 spiro atoms. The van der Waals surface area contributed by atoms with E-state index in [0.29, 0.717) is 0 Å². The highest BCUT2D eigenvalue weighted by atomic mass is 16.3. The molecule has 2 heterocycles. The van der Waals surface area contributed by atoms with Gasteiger partial charge in [0.25, 0.3) is 0 Å². The number of hydrogen-bond acceptors (Lipinski definition) is 2. The first-order valence-electron chi connectivity index (χ1n) is 21.1. The Morgan fingerprint density at radius 2 is 0.918 bits per heavy atom. The zero-order valence-electron chi connectivity index (χ0n) is 33.5. The lowest BCUT2D eigenvalue weighted by Crippen LogP contribution is -2.19. The van der Waals surface area contributed by atoms with Crippen LogP contribution in [0.3, 0.4) is 0 Å². The van der Waals surface area contributed by atoms with Crippen LogP contribution in [0.1, 0.15) is 18.4 Å². The van der Waals surface area contributed by atoms with Crippen molar-refractivity contribution in [3.8, 4) is 27.9 Å². The molecule has 3 heteroatoms. The molecular weight excluding hydrogens is 741 g/mol. The SMILES string of the molecule is C1=C(c2cccc3c2oc2ccccc23)CCC(N(c2ccccc2-c2ccccc2-c2ccccc2-n2c3ccccc3c3ccccc32)c2cccc3ccccc23)=C1. The molecule has 0 N–H and O–H groups in total. The van der Waals surface area contributed by atoms with Gasteiger partial charge in [-0.1, -0.05) is 176 Å². The lowest BCUT2D eigenvalue weighted by atomic mass is 9.90. The lowest BCUT2D eigenvalue weighted by Gasteiger charge is -2.33. The van der Waals surface area contributed by atoms with E-state index in [1.165, 1.54) is 66.1 Å². The Bertz CT molecular complexity index is 3500. The standard InChI is InChI=1S/C58H40N2O/c1-2-19-42-39(17-1)18-15-33-52(42)59(41-37-35-40(36-38-41)43-27-16-28-51-50-26-9-14-34-57(50)61-58(43)51)53-29-10-5-22-46(53)44-20-3-4-21-45(44)47-23-6-11-30-54(47)60-55-31-12-7-24-48(55)49-25-8-13-32-56(49)60/h1-35,37H,36,38H2. The maximum Gasteiger partial charge on any atom is 0.142 e. The molecule has 2 aromatic heterocycles. The second kappa shape index (κ2) is 14.4. The molecule has 0 aliphatic heterocycles. The largest absolute Gasteiger partial charge is 0.455 e. The van der Waals surface area contributed by atoms with Crippen LogP contribution in [-0.4, -0.2) is 4.57 Å². The van der Waals surface area contributed by atoms with Gasteiger partial charge in [0.1, 0.15) is 11.2 Å². The first-order chi connectivity index (χ1) is 30.3. The molecule has 1 aliphatic carbocycles. The fourth-order valence-electron chi connectivity index (χ4n) is 9.81. The molecule has 0 saturated heterocycles. The summed E-state index contributed by atoms with van der Waals surface area (Å²) in [5, 5.41) is 7.26. The molecule has 0 radical (unpaired) electrons. The van der Waals surface area contributed by atoms with Gasteiger partial charge in [0.05, 0.1) is 28.1 Å². The minimum absolute atomic E-state index is 0.859. The van der Waals surface area contributed by atoms with E-state index in [1.807, 2.05) is 6.07 Å². The molecule has 1 aliphatic rings. The molecule has 0 fully saturated rings. The highest BCUT2D eigenvalue weighted by Gasteiger charge is 2.25. The summed E-state index contributed by atoms with van der Waals surface area (Å²) in [4.78, 5) is 2.52. The highest BCUT2D eigenvalue weighted by Crippen LogP contribution is 2.47. The second-order valence-electron chi connectivity index (χ2n) is 15.9. The number of hydrogen-bond donors (Lipinski definition) is 0. The van der Waals surface area contributed by atoms with E-state index in [4.69, 9.17) is 4.42 Å². The number of anilines is 2. The van der Waals surface area contributed by atoms with Gasteiger partial charge in [-0.15, -0.1) is 0 Å². The van der Waals surface area contributed by atoms with Crippen molar-refractivity contribution in [3.05, 3.63) is 230 Å². The molecule has 11 aromatic rings. The van der Waals surface area contributed by atoms with Crippen molar-refractivity contribution >= 4 is 71.5 Å². The third-order valence-corrected chi connectivity index (χ3v) is 12.5. The van der Waals surface area contributed by atoms with Crippen molar-refractivity contribution in [1.29, 1.82) is 0 Å². The number of allylic oxidation sites excluding steroid dienone is 4. The molecule has 0 amide bonds. The van der Waals surface area contributed by atoms with Gasteiger partial charge in [0.15, 0.2) is 0 Å². The summed E-state index contributed by atoms with van der Waals surface area (Å²) < 4.78 is 8.95. The van der Waals surface area contributed by atoms with Crippen molar-refractivity contribution in [3.63, 3.8) is 0 Å². The number of para-hydroxylation sites is 6. The van der Waals surface area contributed by atoms with E-state index in [0.717, 1.165) is 57.4 Å². The quantitative estimate of drug-likeness (QED) is 0.161. The maximum atomic E-state index is 6.51. The van der Waals surface area contributed by atoms with Crippen LogP contribution >= 0.6 is 0 Å². The van der Waals surface area contributed by atoms with E-state index in [2.05, 4.69) is 222 Å². The smallest absolute Gasteiger partial charge is 0.142 e. The molecule has 288 valence electrons. The Labute approximate surface area is 354 Å². The van der Waals surface area contributed by atoms with Crippen LogP contribution in [0.15, 0.2) is 229 Å². The van der Waals surface area contributed by atoms with Crippen LogP contribution in [-0.2, 0) is 0 Å². The number of rotatable bonds is 7. The third-order valence-electron chi connectivity index (χ3n) is 12.5. The summed E-state index contributed by atoms with van der Waals surface area (Å²) in [7, 11) is 0. The fraction of sp³-hybridized carbons (Fsp3) is 0.0345. The molecule has 12 rings (SSSR count). The lowest BCUT2D eigenvalue weighted by molar-refractivity contribution is 0.667. The minimum atomic E-state index is 0.859. The molecule has 61 heavy (non-hydrogen) atoms. The predicted octanol–water partition coefficient (Wildman–Crippen LogP) is 16.1. The zero-order valence-corrected chi connectivity index (χ0v) is 33.5. The summed E-state index contributed by atoms with van der Waals surface area (Å²) in [5.74, 6) is 0. The van der Waals surface area contributed by atoms with Crippen LogP contribution in [0.2, 0.25) is 0 Å². The number of nitrogens with zero attached hydrogens (tertiary/aromatic N) is 2.